The fourth-order valence-corrected chi connectivity index (χ4v) is 5.91. The van der Waals surface area contributed by atoms with Gasteiger partial charge in [-0.1, -0.05) is 30.3 Å². The number of anilines is 1. The summed E-state index contributed by atoms with van der Waals surface area (Å²) in [6.07, 6.45) is -5.36. The van der Waals surface area contributed by atoms with Gasteiger partial charge in [0.1, 0.15) is 6.61 Å². The van der Waals surface area contributed by atoms with Gasteiger partial charge in [-0.25, -0.2) is 9.69 Å². The van der Waals surface area contributed by atoms with E-state index in [0.29, 0.717) is 6.07 Å². The Kier molecular flexibility index (Phi) is 5.56. The van der Waals surface area contributed by atoms with Gasteiger partial charge in [-0.15, -0.1) is 0 Å². The molecule has 0 saturated carbocycles. The minimum Gasteiger partial charge on any atom is -0.445 e. The van der Waals surface area contributed by atoms with E-state index in [1.165, 1.54) is 6.07 Å². The molecule has 0 aromatic heterocycles. The number of fused-ring (bicyclic) bond motifs is 5. The standard InChI is InChI=1S/C26H22F3N3O5/c1-24-11-18(31-23(35)36-13-14-6-4-3-5-7-14)25(2,37-24)20-19(24)21(33)32(22(20)34)16-9-8-15(12-30)17(10-16)26(27,28)29/h3-10,18-20H,11,13H2,1-2H3,(H,31,35)/t18-,19-,20+,24-,25+/m1/s1. The quantitative estimate of drug-likeness (QED) is 0.621. The lowest BCUT2D eigenvalue weighted by Crippen LogP contribution is -2.56. The molecule has 5 atom stereocenters. The Bertz CT molecular complexity index is 1340. The molecule has 3 aliphatic heterocycles. The van der Waals surface area contributed by atoms with Crippen LogP contribution in [0.25, 0.3) is 0 Å². The number of benzene rings is 2. The number of alkyl carbamates (subject to hydrolysis) is 1. The second-order valence-corrected chi connectivity index (χ2v) is 9.87. The summed E-state index contributed by atoms with van der Waals surface area (Å²) in [5.74, 6) is -3.36. The zero-order valence-electron chi connectivity index (χ0n) is 19.8. The molecule has 3 fully saturated rings. The maximum absolute atomic E-state index is 13.5. The molecule has 0 unspecified atom stereocenters. The molecule has 2 aromatic carbocycles. The van der Waals surface area contributed by atoms with E-state index in [4.69, 9.17) is 14.7 Å². The van der Waals surface area contributed by atoms with Crippen LogP contribution in [0, 0.1) is 23.2 Å². The Balaban J connectivity index is 1.39. The van der Waals surface area contributed by atoms with Gasteiger partial charge < -0.3 is 14.8 Å². The van der Waals surface area contributed by atoms with E-state index in [1.807, 2.05) is 18.2 Å². The van der Waals surface area contributed by atoms with Crippen LogP contribution in [0.5, 0.6) is 0 Å². The van der Waals surface area contributed by atoms with E-state index in [0.717, 1.165) is 22.6 Å². The van der Waals surface area contributed by atoms with Crippen LogP contribution in [0.4, 0.5) is 23.7 Å². The van der Waals surface area contributed by atoms with Gasteiger partial charge in [-0.3, -0.25) is 9.59 Å². The predicted octanol–water partition coefficient (Wildman–Crippen LogP) is 3.93. The molecule has 11 heteroatoms. The van der Waals surface area contributed by atoms with Crippen molar-refractivity contribution in [3.63, 3.8) is 0 Å². The third-order valence-corrected chi connectivity index (χ3v) is 7.53. The lowest BCUT2D eigenvalue weighted by atomic mass is 9.66. The zero-order valence-corrected chi connectivity index (χ0v) is 19.8. The first-order valence-corrected chi connectivity index (χ1v) is 11.6. The zero-order chi connectivity index (χ0) is 26.8. The average molecular weight is 513 g/mol. The smallest absolute Gasteiger partial charge is 0.417 e. The molecule has 2 aromatic rings. The number of rotatable bonds is 4. The van der Waals surface area contributed by atoms with Gasteiger partial charge in [-0.2, -0.15) is 18.4 Å². The van der Waals surface area contributed by atoms with E-state index in [2.05, 4.69) is 5.32 Å². The van der Waals surface area contributed by atoms with Crippen molar-refractivity contribution in [3.8, 4) is 6.07 Å². The summed E-state index contributed by atoms with van der Waals surface area (Å²) in [4.78, 5) is 40.2. The van der Waals surface area contributed by atoms with Crippen LogP contribution in [0.15, 0.2) is 48.5 Å². The van der Waals surface area contributed by atoms with Crippen molar-refractivity contribution in [2.75, 3.05) is 4.90 Å². The summed E-state index contributed by atoms with van der Waals surface area (Å²) in [6, 6.07) is 12.6. The first-order chi connectivity index (χ1) is 17.4. The van der Waals surface area contributed by atoms with Gasteiger partial charge in [0.25, 0.3) is 0 Å². The van der Waals surface area contributed by atoms with Crippen LogP contribution in [0.3, 0.4) is 0 Å². The summed E-state index contributed by atoms with van der Waals surface area (Å²) in [5.41, 5.74) is -3.75. The van der Waals surface area contributed by atoms with Gasteiger partial charge in [0.2, 0.25) is 11.8 Å². The normalized spacial score (nSPS) is 30.3. The van der Waals surface area contributed by atoms with Crippen molar-refractivity contribution in [3.05, 3.63) is 65.2 Å². The molecule has 3 aliphatic rings. The summed E-state index contributed by atoms with van der Waals surface area (Å²) >= 11 is 0. The number of nitriles is 1. The predicted molar refractivity (Wildman–Crippen MR) is 122 cm³/mol. The summed E-state index contributed by atoms with van der Waals surface area (Å²) in [6.45, 7) is 3.30. The number of ether oxygens (including phenoxy) is 2. The molecular formula is C26H22F3N3O5. The molecule has 8 nitrogen and oxygen atoms in total. The topological polar surface area (TPSA) is 109 Å². The van der Waals surface area contributed by atoms with Crippen molar-refractivity contribution in [1.82, 2.24) is 5.32 Å². The molecule has 0 radical (unpaired) electrons. The number of imide groups is 1. The van der Waals surface area contributed by atoms with E-state index in [1.54, 1.807) is 26.0 Å². The van der Waals surface area contributed by atoms with Crippen molar-refractivity contribution < 1.29 is 37.0 Å². The molecule has 0 aliphatic carbocycles. The second kappa shape index (κ2) is 8.31. The van der Waals surface area contributed by atoms with Gasteiger partial charge in [0.15, 0.2) is 0 Å². The Labute approximate surface area is 209 Å². The molecule has 0 spiro atoms. The highest BCUT2D eigenvalue weighted by Gasteiger charge is 2.76. The summed E-state index contributed by atoms with van der Waals surface area (Å²) in [5, 5.41) is 11.8. The lowest BCUT2D eigenvalue weighted by molar-refractivity contribution is -0.138. The van der Waals surface area contributed by atoms with E-state index in [9.17, 15) is 27.6 Å². The molecule has 3 heterocycles. The summed E-state index contributed by atoms with van der Waals surface area (Å²) in [7, 11) is 0. The number of nitrogens with zero attached hydrogens (tertiary/aromatic N) is 2. The number of hydrogen-bond acceptors (Lipinski definition) is 6. The minimum absolute atomic E-state index is 0.0334. The van der Waals surface area contributed by atoms with Crippen molar-refractivity contribution >= 4 is 23.6 Å². The van der Waals surface area contributed by atoms with Crippen LogP contribution in [-0.2, 0) is 31.8 Å². The number of carbonyl (C=O) groups excluding carboxylic acids is 3. The van der Waals surface area contributed by atoms with Crippen molar-refractivity contribution in [2.24, 2.45) is 11.8 Å². The third kappa shape index (κ3) is 3.83. The Morgan fingerprint density at radius 2 is 1.84 bits per heavy atom. The molecule has 5 rings (SSSR count). The molecule has 3 amide bonds. The van der Waals surface area contributed by atoms with Crippen molar-refractivity contribution in [2.45, 2.75) is 50.3 Å². The van der Waals surface area contributed by atoms with Crippen LogP contribution >= 0.6 is 0 Å². The number of halogens is 3. The van der Waals surface area contributed by atoms with Crippen LogP contribution < -0.4 is 10.2 Å². The minimum atomic E-state index is -4.85. The lowest BCUT2D eigenvalue weighted by Gasteiger charge is -2.35. The molecule has 37 heavy (non-hydrogen) atoms. The second-order valence-electron chi connectivity index (χ2n) is 9.87. The maximum atomic E-state index is 13.5. The highest BCUT2D eigenvalue weighted by Crippen LogP contribution is 2.61. The van der Waals surface area contributed by atoms with Gasteiger partial charge >= 0.3 is 12.3 Å². The third-order valence-electron chi connectivity index (χ3n) is 7.53. The summed E-state index contributed by atoms with van der Waals surface area (Å²) < 4.78 is 52.0. The highest BCUT2D eigenvalue weighted by molar-refractivity contribution is 6.23. The van der Waals surface area contributed by atoms with Crippen LogP contribution in [0.2, 0.25) is 0 Å². The number of hydrogen-bond donors (Lipinski definition) is 1. The highest BCUT2D eigenvalue weighted by atomic mass is 19.4. The first-order valence-electron chi connectivity index (χ1n) is 11.6. The Morgan fingerprint density at radius 3 is 2.49 bits per heavy atom. The van der Waals surface area contributed by atoms with Gasteiger partial charge in [0, 0.05) is 6.42 Å². The molecule has 192 valence electrons. The SMILES string of the molecule is C[C@]12O[C@](C)(C[C@H]1NC(=O)OCc1ccccc1)[C@H]1C(=O)N(c3ccc(C#N)c(C(F)(F)F)c3)C(=O)[C@H]12. The number of amides is 3. The molecular weight excluding hydrogens is 491 g/mol. The number of nitrogens with one attached hydrogen (secondary N) is 1. The van der Waals surface area contributed by atoms with E-state index >= 15 is 0 Å². The molecule has 2 bridgehead atoms. The molecule has 1 N–H and O–H groups in total. The number of alkyl halides is 3. The fraction of sp³-hybridized carbons (Fsp3) is 0.385. The van der Waals surface area contributed by atoms with E-state index < -0.39 is 64.3 Å². The Hall–Kier alpha value is -3.91. The van der Waals surface area contributed by atoms with Gasteiger partial charge in [-0.05, 0) is 37.6 Å². The molecule has 3 saturated heterocycles. The largest absolute Gasteiger partial charge is 0.445 e. The first kappa shape index (κ1) is 24.8. The van der Waals surface area contributed by atoms with E-state index in [-0.39, 0.29) is 18.7 Å². The maximum Gasteiger partial charge on any atom is 0.417 e. The Morgan fingerprint density at radius 1 is 1.16 bits per heavy atom. The van der Waals surface area contributed by atoms with Gasteiger partial charge in [0.05, 0.1) is 52.0 Å². The van der Waals surface area contributed by atoms with Crippen LogP contribution in [0.1, 0.15) is 37.0 Å². The van der Waals surface area contributed by atoms with Crippen LogP contribution in [-0.4, -0.2) is 35.2 Å². The fourth-order valence-electron chi connectivity index (χ4n) is 5.91. The van der Waals surface area contributed by atoms with Crippen molar-refractivity contribution in [1.29, 1.82) is 5.26 Å². The average Bonchev–Trinajstić information content (AvgIpc) is 3.37. The number of carbonyl (C=O) groups is 3. The monoisotopic (exact) mass is 513 g/mol.